The minimum atomic E-state index is -0.0843. The fraction of sp³-hybridized carbons (Fsp3) is 0.381. The molecule has 2 aromatic carbocycles. The van der Waals surface area contributed by atoms with Crippen molar-refractivity contribution in [3.63, 3.8) is 0 Å². The number of fused-ring (bicyclic) bond motifs is 1. The summed E-state index contributed by atoms with van der Waals surface area (Å²) >= 11 is 0. The van der Waals surface area contributed by atoms with E-state index < -0.39 is 0 Å². The summed E-state index contributed by atoms with van der Waals surface area (Å²) in [6.07, 6.45) is 1.09. The van der Waals surface area contributed by atoms with Gasteiger partial charge in [-0.25, -0.2) is 4.79 Å². The van der Waals surface area contributed by atoms with Crippen LogP contribution in [0.1, 0.15) is 11.1 Å². The van der Waals surface area contributed by atoms with Gasteiger partial charge in [0.05, 0.1) is 14.2 Å². The lowest BCUT2D eigenvalue weighted by molar-refractivity contribution is 0.0528. The predicted octanol–water partition coefficient (Wildman–Crippen LogP) is 2.98. The molecule has 0 aromatic heterocycles. The van der Waals surface area contributed by atoms with Gasteiger partial charge in [0.25, 0.3) is 0 Å². The van der Waals surface area contributed by atoms with Gasteiger partial charge in [-0.1, -0.05) is 24.3 Å². The summed E-state index contributed by atoms with van der Waals surface area (Å²) in [6.45, 7) is 3.55. The van der Waals surface area contributed by atoms with E-state index >= 15 is 0 Å². The number of urea groups is 1. The van der Waals surface area contributed by atoms with E-state index in [4.69, 9.17) is 9.47 Å². The number of carbonyl (C=O) groups excluding carboxylic acids is 1. The molecule has 2 aliphatic heterocycles. The molecule has 1 saturated heterocycles. The maximum atomic E-state index is 12.5. The molecule has 1 fully saturated rings. The number of hydrogen-bond acceptors (Lipinski definition) is 4. The molecule has 4 rings (SSSR count). The molecule has 0 spiro atoms. The number of hydrogen-bond donors (Lipinski definition) is 1. The highest BCUT2D eigenvalue weighted by Gasteiger charge is 2.36. The number of nitrogens with zero attached hydrogens (tertiary/aromatic N) is 2. The lowest BCUT2D eigenvalue weighted by Gasteiger charge is -2.46. The second kappa shape index (κ2) is 7.48. The molecule has 0 unspecified atom stereocenters. The van der Waals surface area contributed by atoms with Gasteiger partial charge >= 0.3 is 6.03 Å². The Kier molecular flexibility index (Phi) is 4.90. The smallest absolute Gasteiger partial charge is 0.321 e. The van der Waals surface area contributed by atoms with Crippen LogP contribution in [0.15, 0.2) is 42.5 Å². The van der Waals surface area contributed by atoms with Gasteiger partial charge in [0.2, 0.25) is 0 Å². The summed E-state index contributed by atoms with van der Waals surface area (Å²) in [7, 11) is 3.19. The highest BCUT2D eigenvalue weighted by molar-refractivity contribution is 5.90. The Morgan fingerprint density at radius 3 is 2.37 bits per heavy atom. The molecule has 0 radical (unpaired) electrons. The van der Waals surface area contributed by atoms with Crippen molar-refractivity contribution in [3.8, 4) is 11.5 Å². The highest BCUT2D eigenvalue weighted by atomic mass is 16.5. The molecule has 2 aliphatic rings. The largest absolute Gasteiger partial charge is 0.497 e. The minimum absolute atomic E-state index is 0.0843. The van der Waals surface area contributed by atoms with Crippen molar-refractivity contribution < 1.29 is 14.3 Å². The minimum Gasteiger partial charge on any atom is -0.497 e. The topological polar surface area (TPSA) is 54.0 Å². The van der Waals surface area contributed by atoms with E-state index in [0.29, 0.717) is 23.2 Å². The van der Waals surface area contributed by atoms with Crippen LogP contribution in [-0.2, 0) is 13.0 Å². The lowest BCUT2D eigenvalue weighted by Crippen LogP contribution is -2.62. The predicted molar refractivity (Wildman–Crippen MR) is 104 cm³/mol. The number of rotatable bonds is 4. The molecule has 27 heavy (non-hydrogen) atoms. The Morgan fingerprint density at radius 2 is 1.70 bits per heavy atom. The van der Waals surface area contributed by atoms with Crippen LogP contribution in [-0.4, -0.2) is 55.7 Å². The van der Waals surface area contributed by atoms with E-state index in [-0.39, 0.29) is 6.03 Å². The van der Waals surface area contributed by atoms with Gasteiger partial charge in [0.1, 0.15) is 11.5 Å². The number of nitrogens with one attached hydrogen (secondary N) is 1. The van der Waals surface area contributed by atoms with Crippen molar-refractivity contribution in [2.45, 2.75) is 19.0 Å². The summed E-state index contributed by atoms with van der Waals surface area (Å²) in [6, 6.07) is 14.4. The van der Waals surface area contributed by atoms with Gasteiger partial charge in [0, 0.05) is 56.1 Å². The van der Waals surface area contributed by atoms with Crippen LogP contribution in [0, 0.1) is 0 Å². The number of methoxy groups -OCH3 is 2. The van der Waals surface area contributed by atoms with Crippen LogP contribution in [0.3, 0.4) is 0 Å². The molecule has 0 bridgehead atoms. The van der Waals surface area contributed by atoms with Crippen molar-refractivity contribution in [3.05, 3.63) is 53.6 Å². The molecule has 6 nitrogen and oxygen atoms in total. The normalized spacial score (nSPS) is 17.0. The number of amides is 2. The summed E-state index contributed by atoms with van der Waals surface area (Å²) in [5.41, 5.74) is 3.54. The van der Waals surface area contributed by atoms with Crippen LogP contribution >= 0.6 is 0 Å². The van der Waals surface area contributed by atoms with Crippen molar-refractivity contribution >= 4 is 11.7 Å². The first kappa shape index (κ1) is 17.7. The van der Waals surface area contributed by atoms with Crippen LogP contribution in [0.5, 0.6) is 11.5 Å². The fourth-order valence-electron chi connectivity index (χ4n) is 3.76. The zero-order valence-corrected chi connectivity index (χ0v) is 15.8. The van der Waals surface area contributed by atoms with Crippen LogP contribution in [0.4, 0.5) is 10.5 Å². The first-order valence-electron chi connectivity index (χ1n) is 9.26. The number of likely N-dealkylation sites (tertiary alicyclic amines) is 1. The van der Waals surface area contributed by atoms with E-state index in [1.165, 1.54) is 11.1 Å². The first-order valence-corrected chi connectivity index (χ1v) is 9.26. The molecular weight excluding hydrogens is 342 g/mol. The Balaban J connectivity index is 1.33. The molecule has 0 saturated carbocycles. The van der Waals surface area contributed by atoms with E-state index in [9.17, 15) is 4.79 Å². The maximum Gasteiger partial charge on any atom is 0.321 e. The maximum absolute atomic E-state index is 12.5. The number of anilines is 1. The molecule has 2 amide bonds. The van der Waals surface area contributed by atoms with E-state index in [2.05, 4.69) is 34.5 Å². The summed E-state index contributed by atoms with van der Waals surface area (Å²) in [5, 5.41) is 2.94. The van der Waals surface area contributed by atoms with Crippen molar-refractivity contribution in [2.75, 3.05) is 39.2 Å². The molecule has 142 valence electrons. The van der Waals surface area contributed by atoms with Crippen LogP contribution < -0.4 is 14.8 Å². The highest BCUT2D eigenvalue weighted by Crippen LogP contribution is 2.28. The van der Waals surface area contributed by atoms with E-state index in [0.717, 1.165) is 32.6 Å². The molecule has 2 heterocycles. The van der Waals surface area contributed by atoms with Gasteiger partial charge in [-0.15, -0.1) is 0 Å². The summed E-state index contributed by atoms with van der Waals surface area (Å²) in [5.74, 6) is 1.30. The first-order chi connectivity index (χ1) is 13.2. The average Bonchev–Trinajstić information content (AvgIpc) is 2.66. The molecule has 0 atom stereocenters. The SMILES string of the molecule is COc1cc(NC(=O)N2CC(N3CCc4ccccc4C3)C2)cc(OC)c1. The Labute approximate surface area is 159 Å². The summed E-state index contributed by atoms with van der Waals surface area (Å²) < 4.78 is 10.5. The Bertz CT molecular complexity index is 811. The van der Waals surface area contributed by atoms with Crippen molar-refractivity contribution in [2.24, 2.45) is 0 Å². The summed E-state index contributed by atoms with van der Waals surface area (Å²) in [4.78, 5) is 16.9. The number of ether oxygens (including phenoxy) is 2. The third-order valence-electron chi connectivity index (χ3n) is 5.43. The van der Waals surface area contributed by atoms with Crippen molar-refractivity contribution in [1.29, 1.82) is 0 Å². The zero-order chi connectivity index (χ0) is 18.8. The Hall–Kier alpha value is -2.73. The van der Waals surface area contributed by atoms with Crippen LogP contribution in [0.25, 0.3) is 0 Å². The number of benzene rings is 2. The number of carbonyl (C=O) groups is 1. The molecule has 2 aromatic rings. The fourth-order valence-corrected chi connectivity index (χ4v) is 3.76. The Morgan fingerprint density at radius 1 is 1.04 bits per heavy atom. The third kappa shape index (κ3) is 3.71. The molecule has 6 heteroatoms. The molecule has 1 N–H and O–H groups in total. The molecule has 0 aliphatic carbocycles. The van der Waals surface area contributed by atoms with Gasteiger partial charge in [0.15, 0.2) is 0 Å². The van der Waals surface area contributed by atoms with Crippen molar-refractivity contribution in [1.82, 2.24) is 9.80 Å². The van der Waals surface area contributed by atoms with Gasteiger partial charge in [-0.2, -0.15) is 0 Å². The van der Waals surface area contributed by atoms with Crippen LogP contribution in [0.2, 0.25) is 0 Å². The zero-order valence-electron chi connectivity index (χ0n) is 15.8. The standard InChI is InChI=1S/C21H25N3O3/c1-26-19-9-17(10-20(11-19)27-2)22-21(25)24-13-18(14-24)23-8-7-15-5-3-4-6-16(15)12-23/h3-6,9-11,18H,7-8,12-14H2,1-2H3,(H,22,25). The van der Waals surface area contributed by atoms with Gasteiger partial charge in [-0.05, 0) is 17.5 Å². The molecular formula is C21H25N3O3. The lowest BCUT2D eigenvalue weighted by atomic mass is 9.97. The quantitative estimate of drug-likeness (QED) is 0.903. The monoisotopic (exact) mass is 367 g/mol. The van der Waals surface area contributed by atoms with Gasteiger partial charge in [-0.3, -0.25) is 4.90 Å². The third-order valence-corrected chi connectivity index (χ3v) is 5.43. The second-order valence-electron chi connectivity index (χ2n) is 7.08. The van der Waals surface area contributed by atoms with Gasteiger partial charge < -0.3 is 19.7 Å². The van der Waals surface area contributed by atoms with E-state index in [1.54, 1.807) is 32.4 Å². The average molecular weight is 367 g/mol. The second-order valence-corrected chi connectivity index (χ2v) is 7.08. The van der Waals surface area contributed by atoms with E-state index in [1.807, 2.05) is 4.90 Å².